The molecule has 5 nitrogen and oxygen atoms in total. The highest BCUT2D eigenvalue weighted by molar-refractivity contribution is 6.21. The maximum absolute atomic E-state index is 12.5. The van der Waals surface area contributed by atoms with Gasteiger partial charge in [0.15, 0.2) is 0 Å². The highest BCUT2D eigenvalue weighted by Gasteiger charge is 2.35. The summed E-state index contributed by atoms with van der Waals surface area (Å²) in [6.07, 6.45) is 0.357. The highest BCUT2D eigenvalue weighted by atomic mass is 16.2. The molecule has 26 heavy (non-hydrogen) atoms. The molecule has 0 aromatic heterocycles. The number of amides is 3. The summed E-state index contributed by atoms with van der Waals surface area (Å²) >= 11 is 0. The Morgan fingerprint density at radius 3 is 2.15 bits per heavy atom. The van der Waals surface area contributed by atoms with E-state index in [9.17, 15) is 14.4 Å². The summed E-state index contributed by atoms with van der Waals surface area (Å²) in [7, 11) is 0. The van der Waals surface area contributed by atoms with E-state index in [2.05, 4.69) is 0 Å². The minimum absolute atomic E-state index is 0.0337. The standard InChI is InChI=1S/C21H22N2O3/c1-4-19(24)22(18-10-9-14(2)13-15(18)3)11-12-23-20(25)16-7-5-6-8-17(16)21(23)26/h5-10,13H,4,11-12H2,1-3H3. The van der Waals surface area contributed by atoms with Crippen molar-refractivity contribution in [3.05, 3.63) is 64.7 Å². The number of benzene rings is 2. The van der Waals surface area contributed by atoms with E-state index < -0.39 is 0 Å². The summed E-state index contributed by atoms with van der Waals surface area (Å²) in [5.41, 5.74) is 3.79. The number of hydrogen-bond acceptors (Lipinski definition) is 3. The number of hydrogen-bond donors (Lipinski definition) is 0. The zero-order chi connectivity index (χ0) is 18.8. The Morgan fingerprint density at radius 1 is 1.00 bits per heavy atom. The summed E-state index contributed by atoms with van der Waals surface area (Å²) in [4.78, 5) is 40.4. The van der Waals surface area contributed by atoms with Gasteiger partial charge in [0.05, 0.1) is 11.1 Å². The molecule has 0 spiro atoms. The molecule has 134 valence electrons. The lowest BCUT2D eigenvalue weighted by atomic mass is 10.1. The molecule has 0 aliphatic carbocycles. The summed E-state index contributed by atoms with van der Waals surface area (Å²) in [6, 6.07) is 12.7. The average Bonchev–Trinajstić information content (AvgIpc) is 2.88. The summed E-state index contributed by atoms with van der Waals surface area (Å²) < 4.78 is 0. The van der Waals surface area contributed by atoms with Crippen molar-refractivity contribution in [2.45, 2.75) is 27.2 Å². The first kappa shape index (κ1) is 17.9. The Balaban J connectivity index is 1.82. The summed E-state index contributed by atoms with van der Waals surface area (Å²) in [5, 5.41) is 0. The van der Waals surface area contributed by atoms with Crippen LogP contribution in [0.2, 0.25) is 0 Å². The molecule has 5 heteroatoms. The first-order valence-electron chi connectivity index (χ1n) is 8.77. The zero-order valence-corrected chi connectivity index (χ0v) is 15.3. The van der Waals surface area contributed by atoms with Crippen molar-refractivity contribution < 1.29 is 14.4 Å². The van der Waals surface area contributed by atoms with E-state index in [0.717, 1.165) is 16.8 Å². The maximum Gasteiger partial charge on any atom is 0.261 e. The third-order valence-corrected chi connectivity index (χ3v) is 4.67. The second-order valence-corrected chi connectivity index (χ2v) is 6.50. The van der Waals surface area contributed by atoms with Gasteiger partial charge in [0.25, 0.3) is 11.8 Å². The Labute approximate surface area is 153 Å². The van der Waals surface area contributed by atoms with E-state index in [1.807, 2.05) is 32.0 Å². The zero-order valence-electron chi connectivity index (χ0n) is 15.3. The second-order valence-electron chi connectivity index (χ2n) is 6.50. The number of carbonyl (C=O) groups is 3. The van der Waals surface area contributed by atoms with Crippen LogP contribution in [0.25, 0.3) is 0 Å². The van der Waals surface area contributed by atoms with Crippen LogP contribution in [0.5, 0.6) is 0 Å². The Bertz CT molecular complexity index is 854. The van der Waals surface area contributed by atoms with Crippen molar-refractivity contribution in [2.75, 3.05) is 18.0 Å². The van der Waals surface area contributed by atoms with Crippen LogP contribution in [0.1, 0.15) is 45.2 Å². The molecule has 0 saturated heterocycles. The van der Waals surface area contributed by atoms with Crippen LogP contribution in [-0.4, -0.2) is 35.7 Å². The molecule has 1 heterocycles. The Morgan fingerprint density at radius 2 is 1.62 bits per heavy atom. The van der Waals surface area contributed by atoms with Crippen LogP contribution in [0.4, 0.5) is 5.69 Å². The third-order valence-electron chi connectivity index (χ3n) is 4.67. The molecule has 1 aliphatic heterocycles. The van der Waals surface area contributed by atoms with E-state index in [0.29, 0.717) is 17.5 Å². The van der Waals surface area contributed by atoms with Gasteiger partial charge in [0.2, 0.25) is 5.91 Å². The number of anilines is 1. The molecular formula is C21H22N2O3. The smallest absolute Gasteiger partial charge is 0.261 e. The van der Waals surface area contributed by atoms with E-state index in [4.69, 9.17) is 0 Å². The van der Waals surface area contributed by atoms with Gasteiger partial charge in [-0.15, -0.1) is 0 Å². The van der Waals surface area contributed by atoms with Crippen LogP contribution in [-0.2, 0) is 4.79 Å². The molecule has 0 unspecified atom stereocenters. The lowest BCUT2D eigenvalue weighted by Gasteiger charge is -2.26. The van der Waals surface area contributed by atoms with Crippen molar-refractivity contribution >= 4 is 23.4 Å². The number of fused-ring (bicyclic) bond motifs is 1. The molecule has 2 aromatic rings. The minimum atomic E-state index is -0.296. The molecular weight excluding hydrogens is 328 g/mol. The summed E-state index contributed by atoms with van der Waals surface area (Å²) in [6.45, 7) is 6.22. The molecule has 0 saturated carbocycles. The number of nitrogens with zero attached hydrogens (tertiary/aromatic N) is 2. The van der Waals surface area contributed by atoms with Gasteiger partial charge in [-0.3, -0.25) is 19.3 Å². The van der Waals surface area contributed by atoms with Crippen LogP contribution in [0.15, 0.2) is 42.5 Å². The van der Waals surface area contributed by atoms with E-state index in [1.54, 1.807) is 36.1 Å². The number of rotatable bonds is 5. The van der Waals surface area contributed by atoms with Crippen LogP contribution < -0.4 is 4.90 Å². The molecule has 0 radical (unpaired) electrons. The highest BCUT2D eigenvalue weighted by Crippen LogP contribution is 2.25. The quantitative estimate of drug-likeness (QED) is 0.777. The van der Waals surface area contributed by atoms with Gasteiger partial charge in [-0.1, -0.05) is 36.8 Å². The van der Waals surface area contributed by atoms with Crippen LogP contribution >= 0.6 is 0 Å². The molecule has 3 rings (SSSR count). The lowest BCUT2D eigenvalue weighted by molar-refractivity contribution is -0.118. The largest absolute Gasteiger partial charge is 0.310 e. The second kappa shape index (κ2) is 7.12. The molecule has 0 bridgehead atoms. The fourth-order valence-electron chi connectivity index (χ4n) is 3.32. The Kier molecular flexibility index (Phi) is 4.89. The number of carbonyl (C=O) groups excluding carboxylic acids is 3. The van der Waals surface area contributed by atoms with E-state index >= 15 is 0 Å². The summed E-state index contributed by atoms with van der Waals surface area (Å²) in [5.74, 6) is -0.626. The first-order chi connectivity index (χ1) is 12.4. The van der Waals surface area contributed by atoms with E-state index in [1.165, 1.54) is 4.90 Å². The molecule has 0 atom stereocenters. The van der Waals surface area contributed by atoms with Gasteiger partial charge in [-0.25, -0.2) is 0 Å². The molecule has 0 fully saturated rings. The fourth-order valence-corrected chi connectivity index (χ4v) is 3.32. The Hall–Kier alpha value is -2.95. The van der Waals surface area contributed by atoms with Gasteiger partial charge in [-0.2, -0.15) is 0 Å². The van der Waals surface area contributed by atoms with Crippen molar-refractivity contribution in [3.63, 3.8) is 0 Å². The van der Waals surface area contributed by atoms with Crippen molar-refractivity contribution in [2.24, 2.45) is 0 Å². The van der Waals surface area contributed by atoms with Crippen molar-refractivity contribution in [1.82, 2.24) is 4.90 Å². The predicted molar refractivity (Wildman–Crippen MR) is 100 cm³/mol. The maximum atomic E-state index is 12.5. The van der Waals surface area contributed by atoms with Gasteiger partial charge < -0.3 is 4.90 Å². The topological polar surface area (TPSA) is 57.7 Å². The van der Waals surface area contributed by atoms with E-state index in [-0.39, 0.29) is 30.8 Å². The normalized spacial score (nSPS) is 13.1. The minimum Gasteiger partial charge on any atom is -0.310 e. The number of aryl methyl sites for hydroxylation is 2. The SMILES string of the molecule is CCC(=O)N(CCN1C(=O)c2ccccc2C1=O)c1ccc(C)cc1C. The van der Waals surface area contributed by atoms with Crippen LogP contribution in [0.3, 0.4) is 0 Å². The van der Waals surface area contributed by atoms with Gasteiger partial charge in [-0.05, 0) is 37.6 Å². The molecule has 1 aliphatic rings. The average molecular weight is 350 g/mol. The van der Waals surface area contributed by atoms with Crippen molar-refractivity contribution in [3.8, 4) is 0 Å². The first-order valence-corrected chi connectivity index (χ1v) is 8.77. The third kappa shape index (κ3) is 3.12. The van der Waals surface area contributed by atoms with Gasteiger partial charge in [0.1, 0.15) is 0 Å². The molecule has 0 N–H and O–H groups in total. The molecule has 2 aromatic carbocycles. The monoisotopic (exact) mass is 350 g/mol. The van der Waals surface area contributed by atoms with Gasteiger partial charge in [0, 0.05) is 25.2 Å². The fraction of sp³-hybridized carbons (Fsp3) is 0.286. The van der Waals surface area contributed by atoms with Crippen molar-refractivity contribution in [1.29, 1.82) is 0 Å². The lowest BCUT2D eigenvalue weighted by Crippen LogP contribution is -2.41. The van der Waals surface area contributed by atoms with Crippen LogP contribution in [0, 0.1) is 13.8 Å². The van der Waals surface area contributed by atoms with Gasteiger partial charge >= 0.3 is 0 Å². The molecule has 3 amide bonds. The predicted octanol–water partition coefficient (Wildman–Crippen LogP) is 3.34. The number of imide groups is 1.